The second-order valence-corrected chi connectivity index (χ2v) is 5.45. The van der Waals surface area contributed by atoms with E-state index in [0.29, 0.717) is 6.54 Å². The van der Waals surface area contributed by atoms with Gasteiger partial charge in [-0.15, -0.1) is 0 Å². The summed E-state index contributed by atoms with van der Waals surface area (Å²) in [6.07, 6.45) is 6.41. The van der Waals surface area contributed by atoms with Crippen LogP contribution in [0.3, 0.4) is 0 Å². The van der Waals surface area contributed by atoms with Gasteiger partial charge in [0.05, 0.1) is 25.9 Å². The van der Waals surface area contributed by atoms with E-state index in [4.69, 9.17) is 4.42 Å². The Kier molecular flexibility index (Phi) is 3.37. The largest absolute Gasteiger partial charge is 0.463 e. The third kappa shape index (κ3) is 2.58. The monoisotopic (exact) mass is 249 g/mol. The molecule has 1 saturated heterocycles. The van der Waals surface area contributed by atoms with Crippen molar-refractivity contribution in [3.05, 3.63) is 24.2 Å². The number of furan rings is 1. The molecule has 1 saturated carbocycles. The summed E-state index contributed by atoms with van der Waals surface area (Å²) in [5, 5.41) is 3.09. The first-order valence-electron chi connectivity index (χ1n) is 7.00. The van der Waals surface area contributed by atoms with Crippen molar-refractivity contribution in [3.8, 4) is 0 Å². The summed E-state index contributed by atoms with van der Waals surface area (Å²) in [6.45, 7) is 3.08. The summed E-state index contributed by atoms with van der Waals surface area (Å²) in [4.78, 5) is 13.3. The zero-order valence-corrected chi connectivity index (χ0v) is 10.7. The van der Waals surface area contributed by atoms with E-state index in [-0.39, 0.29) is 17.9 Å². The van der Waals surface area contributed by atoms with Crippen molar-refractivity contribution < 1.29 is 14.1 Å². The van der Waals surface area contributed by atoms with Gasteiger partial charge in [-0.25, -0.2) is 0 Å². The molecule has 1 aliphatic heterocycles. The molecule has 1 aromatic heterocycles. The highest BCUT2D eigenvalue weighted by Gasteiger charge is 2.33. The Bertz CT molecular complexity index is 392. The Hall–Kier alpha value is -1.29. The van der Waals surface area contributed by atoms with Crippen molar-refractivity contribution in [2.45, 2.75) is 31.7 Å². The lowest BCUT2D eigenvalue weighted by Crippen LogP contribution is -3.11. The van der Waals surface area contributed by atoms with Crippen LogP contribution in [-0.2, 0) is 4.79 Å². The van der Waals surface area contributed by atoms with Gasteiger partial charge in [0.1, 0.15) is 0 Å². The van der Waals surface area contributed by atoms with Gasteiger partial charge in [0.25, 0.3) is 0 Å². The Morgan fingerprint density at radius 3 is 2.83 bits per heavy atom. The number of rotatable bonds is 5. The summed E-state index contributed by atoms with van der Waals surface area (Å²) in [6, 6.07) is 4.24. The quantitative estimate of drug-likeness (QED) is 0.799. The Labute approximate surface area is 107 Å². The van der Waals surface area contributed by atoms with Gasteiger partial charge in [-0.3, -0.25) is 4.79 Å². The molecular formula is C14H21N2O2+. The van der Waals surface area contributed by atoms with E-state index in [0.717, 1.165) is 18.6 Å². The molecule has 1 aromatic rings. The van der Waals surface area contributed by atoms with Gasteiger partial charge in [0, 0.05) is 18.8 Å². The Morgan fingerprint density at radius 2 is 2.22 bits per heavy atom. The fourth-order valence-electron chi connectivity index (χ4n) is 2.81. The number of amides is 1. The van der Waals surface area contributed by atoms with E-state index in [1.54, 1.807) is 11.2 Å². The number of hydrogen-bond acceptors (Lipinski definition) is 2. The molecule has 2 N–H and O–H groups in total. The van der Waals surface area contributed by atoms with Crippen LogP contribution < -0.4 is 10.2 Å². The topological polar surface area (TPSA) is 46.7 Å². The van der Waals surface area contributed by atoms with E-state index in [1.165, 1.54) is 25.9 Å². The highest BCUT2D eigenvalue weighted by atomic mass is 16.3. The maximum Gasteiger partial charge on any atom is 0.223 e. The molecule has 18 heavy (non-hydrogen) atoms. The molecule has 0 unspecified atom stereocenters. The standard InChI is InChI=1S/C14H20N2O2/c17-14(11-5-6-11)15-10-12(13-4-3-9-18-13)16-7-1-2-8-16/h3-4,9,11-12H,1-2,5-8,10H2,(H,15,17)/p+1/t12-/m1/s1. The van der Waals surface area contributed by atoms with Crippen LogP contribution in [0.15, 0.2) is 22.8 Å². The predicted octanol–water partition coefficient (Wildman–Crippen LogP) is 0.526. The molecule has 1 amide bonds. The molecule has 0 bridgehead atoms. The van der Waals surface area contributed by atoms with Gasteiger partial charge in [-0.05, 0) is 25.0 Å². The minimum absolute atomic E-state index is 0.227. The lowest BCUT2D eigenvalue weighted by molar-refractivity contribution is -0.919. The van der Waals surface area contributed by atoms with Gasteiger partial charge in [-0.2, -0.15) is 0 Å². The number of nitrogens with one attached hydrogen (secondary N) is 2. The van der Waals surface area contributed by atoms with Crippen molar-refractivity contribution >= 4 is 5.91 Å². The smallest absolute Gasteiger partial charge is 0.223 e. The molecule has 3 rings (SSSR count). The molecule has 0 aromatic carbocycles. The van der Waals surface area contributed by atoms with Crippen molar-refractivity contribution in [1.82, 2.24) is 5.32 Å². The first kappa shape index (κ1) is 11.8. The third-order valence-electron chi connectivity index (χ3n) is 4.05. The molecule has 0 spiro atoms. The van der Waals surface area contributed by atoms with E-state index in [9.17, 15) is 4.79 Å². The first-order chi connectivity index (χ1) is 8.84. The van der Waals surface area contributed by atoms with Crippen LogP contribution >= 0.6 is 0 Å². The van der Waals surface area contributed by atoms with Crippen molar-refractivity contribution in [2.75, 3.05) is 19.6 Å². The summed E-state index contributed by atoms with van der Waals surface area (Å²) in [5.41, 5.74) is 0. The van der Waals surface area contributed by atoms with Gasteiger partial charge < -0.3 is 14.6 Å². The van der Waals surface area contributed by atoms with Crippen LogP contribution in [-0.4, -0.2) is 25.5 Å². The van der Waals surface area contributed by atoms with Crippen LogP contribution in [0.25, 0.3) is 0 Å². The highest BCUT2D eigenvalue weighted by molar-refractivity contribution is 5.80. The summed E-state index contributed by atoms with van der Waals surface area (Å²) in [5.74, 6) is 1.52. The van der Waals surface area contributed by atoms with Crippen LogP contribution in [0.4, 0.5) is 0 Å². The van der Waals surface area contributed by atoms with Crippen molar-refractivity contribution in [1.29, 1.82) is 0 Å². The molecule has 0 radical (unpaired) electrons. The summed E-state index contributed by atoms with van der Waals surface area (Å²) >= 11 is 0. The number of hydrogen-bond donors (Lipinski definition) is 2. The maximum atomic E-state index is 11.7. The van der Waals surface area contributed by atoms with Crippen LogP contribution in [0.5, 0.6) is 0 Å². The summed E-state index contributed by atoms with van der Waals surface area (Å²) < 4.78 is 5.54. The van der Waals surface area contributed by atoms with Crippen molar-refractivity contribution in [3.63, 3.8) is 0 Å². The van der Waals surface area contributed by atoms with Gasteiger partial charge in [-0.1, -0.05) is 0 Å². The molecule has 2 aliphatic rings. The normalized spacial score (nSPS) is 22.0. The molecule has 1 atom stereocenters. The lowest BCUT2D eigenvalue weighted by Gasteiger charge is -2.23. The van der Waals surface area contributed by atoms with Crippen LogP contribution in [0, 0.1) is 5.92 Å². The highest BCUT2D eigenvalue weighted by Crippen LogP contribution is 2.28. The number of carbonyl (C=O) groups is 1. The second kappa shape index (κ2) is 5.14. The number of quaternary nitrogens is 1. The molecule has 2 fully saturated rings. The van der Waals surface area contributed by atoms with Gasteiger partial charge in [0.15, 0.2) is 11.8 Å². The average molecular weight is 249 g/mol. The summed E-state index contributed by atoms with van der Waals surface area (Å²) in [7, 11) is 0. The van der Waals surface area contributed by atoms with Gasteiger partial charge in [0.2, 0.25) is 5.91 Å². The van der Waals surface area contributed by atoms with Crippen LogP contribution in [0.1, 0.15) is 37.5 Å². The Balaban J connectivity index is 1.63. The number of carbonyl (C=O) groups excluding carboxylic acids is 1. The van der Waals surface area contributed by atoms with E-state index in [2.05, 4.69) is 5.32 Å². The van der Waals surface area contributed by atoms with E-state index < -0.39 is 0 Å². The SMILES string of the molecule is O=C(NC[C@H](c1ccco1)[NH+]1CCCC1)C1CC1. The van der Waals surface area contributed by atoms with Crippen LogP contribution in [0.2, 0.25) is 0 Å². The minimum Gasteiger partial charge on any atom is -0.463 e. The molecule has 4 nitrogen and oxygen atoms in total. The molecule has 1 aliphatic carbocycles. The third-order valence-corrected chi connectivity index (χ3v) is 4.05. The Morgan fingerprint density at radius 1 is 1.44 bits per heavy atom. The minimum atomic E-state index is 0.227. The van der Waals surface area contributed by atoms with E-state index >= 15 is 0 Å². The number of likely N-dealkylation sites (tertiary alicyclic amines) is 1. The molecular weight excluding hydrogens is 228 g/mol. The zero-order chi connectivity index (χ0) is 12.4. The van der Waals surface area contributed by atoms with Gasteiger partial charge >= 0.3 is 0 Å². The lowest BCUT2D eigenvalue weighted by atomic mass is 10.2. The average Bonchev–Trinajstić information content (AvgIpc) is 2.89. The predicted molar refractivity (Wildman–Crippen MR) is 67.1 cm³/mol. The van der Waals surface area contributed by atoms with E-state index in [1.807, 2.05) is 12.1 Å². The molecule has 2 heterocycles. The first-order valence-corrected chi connectivity index (χ1v) is 7.00. The molecule has 98 valence electrons. The second-order valence-electron chi connectivity index (χ2n) is 5.45. The zero-order valence-electron chi connectivity index (χ0n) is 10.7. The fourth-order valence-corrected chi connectivity index (χ4v) is 2.81. The fraction of sp³-hybridized carbons (Fsp3) is 0.643. The van der Waals surface area contributed by atoms with Crippen molar-refractivity contribution in [2.24, 2.45) is 5.92 Å². The molecule has 4 heteroatoms. The maximum absolute atomic E-state index is 11.7.